The van der Waals surface area contributed by atoms with E-state index in [1.54, 1.807) is 0 Å². The van der Waals surface area contributed by atoms with Crippen LogP contribution in [0.4, 0.5) is 0 Å². The van der Waals surface area contributed by atoms with Gasteiger partial charge < -0.3 is 10.6 Å². The van der Waals surface area contributed by atoms with Gasteiger partial charge in [-0.15, -0.1) is 0 Å². The molecule has 2 N–H and O–H groups in total. The van der Waals surface area contributed by atoms with Crippen LogP contribution in [0.1, 0.15) is 43.2 Å². The van der Waals surface area contributed by atoms with E-state index in [1.165, 1.54) is 5.56 Å². The maximum Gasteiger partial charge on any atom is 0.223 e. The highest BCUT2D eigenvalue weighted by Crippen LogP contribution is 2.29. The molecule has 0 radical (unpaired) electrons. The molecule has 6 nitrogen and oxygen atoms in total. The fourth-order valence-electron chi connectivity index (χ4n) is 3.89. The number of hydrogen-bond donors (Lipinski definition) is 2. The summed E-state index contributed by atoms with van der Waals surface area (Å²) >= 11 is 0. The van der Waals surface area contributed by atoms with E-state index < -0.39 is 9.84 Å². The zero-order valence-corrected chi connectivity index (χ0v) is 16.6. The van der Waals surface area contributed by atoms with Gasteiger partial charge in [-0.3, -0.25) is 9.59 Å². The van der Waals surface area contributed by atoms with Crippen LogP contribution in [0.2, 0.25) is 0 Å². The molecule has 1 aliphatic carbocycles. The van der Waals surface area contributed by atoms with Crippen LogP contribution in [0.3, 0.4) is 0 Å². The topological polar surface area (TPSA) is 92.3 Å². The summed E-state index contributed by atoms with van der Waals surface area (Å²) in [5.41, 5.74) is 2.27. The number of hydrogen-bond acceptors (Lipinski definition) is 4. The van der Waals surface area contributed by atoms with Crippen LogP contribution in [0.25, 0.3) is 0 Å². The number of rotatable bonds is 5. The van der Waals surface area contributed by atoms with Gasteiger partial charge in [0.15, 0.2) is 9.84 Å². The van der Waals surface area contributed by atoms with E-state index >= 15 is 0 Å². The third-order valence-corrected chi connectivity index (χ3v) is 7.40. The second kappa shape index (κ2) is 8.42. The molecule has 3 rings (SSSR count). The Morgan fingerprint density at radius 3 is 2.11 bits per heavy atom. The van der Waals surface area contributed by atoms with Crippen molar-refractivity contribution in [2.75, 3.05) is 11.5 Å². The second-order valence-corrected chi connectivity index (χ2v) is 10.1. The molecule has 2 fully saturated rings. The van der Waals surface area contributed by atoms with Gasteiger partial charge in [-0.25, -0.2) is 8.42 Å². The Morgan fingerprint density at radius 2 is 1.56 bits per heavy atom. The maximum atomic E-state index is 12.4. The van der Waals surface area contributed by atoms with Crippen molar-refractivity contribution < 1.29 is 18.0 Å². The van der Waals surface area contributed by atoms with Gasteiger partial charge in [0, 0.05) is 24.4 Å². The van der Waals surface area contributed by atoms with Crippen LogP contribution in [0, 0.1) is 18.8 Å². The molecule has 0 spiro atoms. The lowest BCUT2D eigenvalue weighted by Gasteiger charge is -2.28. The minimum absolute atomic E-state index is 0.0497. The van der Waals surface area contributed by atoms with Crippen molar-refractivity contribution >= 4 is 21.7 Å². The first kappa shape index (κ1) is 19.9. The zero-order chi connectivity index (χ0) is 19.4. The fourth-order valence-corrected chi connectivity index (χ4v) is 5.56. The van der Waals surface area contributed by atoms with Gasteiger partial charge in [-0.1, -0.05) is 29.8 Å². The van der Waals surface area contributed by atoms with Crippen LogP contribution in [-0.4, -0.2) is 37.8 Å². The summed E-state index contributed by atoms with van der Waals surface area (Å²) in [5.74, 6) is 0.0363. The molecule has 27 heavy (non-hydrogen) atoms. The molecule has 1 aromatic carbocycles. The second-order valence-electron chi connectivity index (χ2n) is 7.86. The van der Waals surface area contributed by atoms with Crippen molar-refractivity contribution in [2.45, 2.75) is 51.6 Å². The van der Waals surface area contributed by atoms with Crippen molar-refractivity contribution in [3.63, 3.8) is 0 Å². The molecule has 7 heteroatoms. The van der Waals surface area contributed by atoms with E-state index in [-0.39, 0.29) is 41.2 Å². The molecule has 148 valence electrons. The monoisotopic (exact) mass is 392 g/mol. The summed E-state index contributed by atoms with van der Waals surface area (Å²) in [6.07, 6.45) is 3.24. The van der Waals surface area contributed by atoms with Gasteiger partial charge >= 0.3 is 0 Å². The van der Waals surface area contributed by atoms with E-state index in [9.17, 15) is 18.0 Å². The molecular formula is C20H28N2O4S. The first-order chi connectivity index (χ1) is 12.8. The lowest BCUT2D eigenvalue weighted by molar-refractivity contribution is -0.130. The average Bonchev–Trinajstić information content (AvgIpc) is 2.99. The number of carbonyl (C=O) groups is 2. The van der Waals surface area contributed by atoms with E-state index in [2.05, 4.69) is 10.6 Å². The normalized spacial score (nSPS) is 27.1. The summed E-state index contributed by atoms with van der Waals surface area (Å²) in [6.45, 7) is 2.55. The zero-order valence-electron chi connectivity index (χ0n) is 15.7. The maximum absolute atomic E-state index is 12.4. The molecular weight excluding hydrogens is 364 g/mol. The molecule has 2 aliphatic rings. The number of amides is 2. The van der Waals surface area contributed by atoms with Crippen LogP contribution >= 0.6 is 0 Å². The number of carbonyl (C=O) groups excluding carboxylic acids is 2. The summed E-state index contributed by atoms with van der Waals surface area (Å²) in [5, 5.41) is 5.87. The first-order valence-electron chi connectivity index (χ1n) is 9.66. The van der Waals surface area contributed by atoms with E-state index in [0.717, 1.165) is 5.56 Å². The lowest BCUT2D eigenvalue weighted by Crippen LogP contribution is -2.42. The average molecular weight is 393 g/mol. The van der Waals surface area contributed by atoms with Crippen molar-refractivity contribution in [3.05, 3.63) is 35.4 Å². The van der Waals surface area contributed by atoms with Crippen molar-refractivity contribution in [1.82, 2.24) is 10.6 Å². The van der Waals surface area contributed by atoms with E-state index in [0.29, 0.717) is 38.6 Å². The Morgan fingerprint density at radius 1 is 0.963 bits per heavy atom. The van der Waals surface area contributed by atoms with Crippen LogP contribution < -0.4 is 10.6 Å². The molecule has 0 bridgehead atoms. The van der Waals surface area contributed by atoms with Crippen LogP contribution in [0.15, 0.2) is 24.3 Å². The minimum atomic E-state index is -2.99. The van der Waals surface area contributed by atoms with Crippen molar-refractivity contribution in [3.8, 4) is 0 Å². The molecule has 1 saturated heterocycles. The van der Waals surface area contributed by atoms with Gasteiger partial charge in [0.1, 0.15) is 0 Å². The molecule has 1 atom stereocenters. The summed E-state index contributed by atoms with van der Waals surface area (Å²) < 4.78 is 23.0. The minimum Gasteiger partial charge on any atom is -0.352 e. The quantitative estimate of drug-likeness (QED) is 0.798. The Kier molecular flexibility index (Phi) is 6.19. The highest BCUT2D eigenvalue weighted by molar-refractivity contribution is 7.91. The molecule has 1 saturated carbocycles. The molecule has 1 unspecified atom stereocenters. The standard InChI is InChI=1S/C20H28N2O4S/c1-14-2-4-15(5-3-14)12-21-19(23)16-6-8-17(9-7-16)20(24)22-18-10-11-27(25,26)13-18/h2-5,16-18H,6-13H2,1H3,(H,21,23)(H,22,24). The number of nitrogens with one attached hydrogen (secondary N) is 2. The van der Waals surface area contributed by atoms with Gasteiger partial charge in [0.2, 0.25) is 11.8 Å². The Hall–Kier alpha value is -1.89. The van der Waals surface area contributed by atoms with Crippen LogP contribution in [0.5, 0.6) is 0 Å². The lowest BCUT2D eigenvalue weighted by atomic mass is 9.81. The predicted molar refractivity (Wildman–Crippen MR) is 104 cm³/mol. The third kappa shape index (κ3) is 5.54. The molecule has 2 amide bonds. The smallest absolute Gasteiger partial charge is 0.223 e. The van der Waals surface area contributed by atoms with Gasteiger partial charge in [-0.2, -0.15) is 0 Å². The van der Waals surface area contributed by atoms with Crippen molar-refractivity contribution in [2.24, 2.45) is 11.8 Å². The molecule has 1 heterocycles. The Balaban J connectivity index is 1.40. The summed E-state index contributed by atoms with van der Waals surface area (Å²) in [6, 6.07) is 7.83. The highest BCUT2D eigenvalue weighted by atomic mass is 32.2. The van der Waals surface area contributed by atoms with Crippen LogP contribution in [-0.2, 0) is 26.0 Å². The number of benzene rings is 1. The molecule has 1 aromatic rings. The molecule has 1 aliphatic heterocycles. The summed E-state index contributed by atoms with van der Waals surface area (Å²) in [7, 11) is -2.99. The number of aryl methyl sites for hydroxylation is 1. The summed E-state index contributed by atoms with van der Waals surface area (Å²) in [4.78, 5) is 24.8. The van der Waals surface area contributed by atoms with Gasteiger partial charge in [0.25, 0.3) is 0 Å². The fraction of sp³-hybridized carbons (Fsp3) is 0.600. The van der Waals surface area contributed by atoms with Gasteiger partial charge in [0.05, 0.1) is 11.5 Å². The Labute approximate surface area is 161 Å². The van der Waals surface area contributed by atoms with E-state index in [1.807, 2.05) is 31.2 Å². The first-order valence-corrected chi connectivity index (χ1v) is 11.5. The molecule has 0 aromatic heterocycles. The third-order valence-electron chi connectivity index (χ3n) is 5.63. The van der Waals surface area contributed by atoms with E-state index in [4.69, 9.17) is 0 Å². The SMILES string of the molecule is Cc1ccc(CNC(=O)C2CCC(C(=O)NC3CCS(=O)(=O)C3)CC2)cc1. The highest BCUT2D eigenvalue weighted by Gasteiger charge is 2.33. The predicted octanol–water partition coefficient (Wildman–Crippen LogP) is 1.72. The largest absolute Gasteiger partial charge is 0.352 e. The van der Waals surface area contributed by atoms with Gasteiger partial charge in [-0.05, 0) is 44.6 Å². The van der Waals surface area contributed by atoms with Crippen molar-refractivity contribution in [1.29, 1.82) is 0 Å². The Bertz CT molecular complexity index is 781. The number of sulfone groups is 1.